The molecule has 166 valence electrons. The van der Waals surface area contributed by atoms with Crippen LogP contribution in [-0.2, 0) is 0 Å². The lowest BCUT2D eigenvalue weighted by atomic mass is 10.0. The molecule has 2 heterocycles. The molecular formula is C25H29N5O2. The number of nitrogens with zero attached hydrogens (tertiary/aromatic N) is 4. The van der Waals surface area contributed by atoms with Crippen LogP contribution in [-0.4, -0.2) is 52.5 Å². The number of hydrogen-bond acceptors (Lipinski definition) is 5. The summed E-state index contributed by atoms with van der Waals surface area (Å²) in [6.45, 7) is 2.60. The highest BCUT2D eigenvalue weighted by Crippen LogP contribution is 2.42. The van der Waals surface area contributed by atoms with Crippen LogP contribution in [0.2, 0.25) is 0 Å². The number of benzene rings is 2. The van der Waals surface area contributed by atoms with E-state index in [0.717, 1.165) is 48.6 Å². The summed E-state index contributed by atoms with van der Waals surface area (Å²) < 4.78 is 7.26. The Morgan fingerprint density at radius 2 is 1.91 bits per heavy atom. The third kappa shape index (κ3) is 4.25. The van der Waals surface area contributed by atoms with E-state index in [1.807, 2.05) is 47.1 Å². The molecule has 1 atom stereocenters. The number of carbonyl (C=O) groups is 1. The Balaban J connectivity index is 1.37. The van der Waals surface area contributed by atoms with Gasteiger partial charge in [0.15, 0.2) is 5.69 Å². The number of hydrogen-bond donors (Lipinski definition) is 1. The number of para-hydroxylation sites is 1. The average Bonchev–Trinajstić information content (AvgIpc) is 3.34. The second kappa shape index (κ2) is 9.12. The van der Waals surface area contributed by atoms with Gasteiger partial charge in [0.1, 0.15) is 5.75 Å². The van der Waals surface area contributed by atoms with E-state index in [-0.39, 0.29) is 11.9 Å². The van der Waals surface area contributed by atoms with Crippen molar-refractivity contribution in [3.05, 3.63) is 71.5 Å². The molecule has 1 aliphatic heterocycles. The first-order chi connectivity index (χ1) is 15.7. The zero-order valence-electron chi connectivity index (χ0n) is 18.4. The van der Waals surface area contributed by atoms with Crippen LogP contribution < -0.4 is 10.1 Å². The van der Waals surface area contributed by atoms with Crippen LogP contribution in [0, 0.1) is 0 Å². The lowest BCUT2D eigenvalue weighted by Gasteiger charge is -2.28. The van der Waals surface area contributed by atoms with E-state index >= 15 is 0 Å². The summed E-state index contributed by atoms with van der Waals surface area (Å²) in [6, 6.07) is 18.2. The molecule has 1 N–H and O–H groups in total. The topological polar surface area (TPSA) is 72.3 Å². The Morgan fingerprint density at radius 3 is 2.62 bits per heavy atom. The maximum absolute atomic E-state index is 13.2. The minimum atomic E-state index is -0.152. The molecule has 3 aromatic rings. The Hall–Kier alpha value is -3.19. The number of carbonyl (C=O) groups excluding carboxylic acids is 1. The summed E-state index contributed by atoms with van der Waals surface area (Å²) in [7, 11) is 1.68. The van der Waals surface area contributed by atoms with E-state index in [1.54, 1.807) is 7.11 Å². The largest absolute Gasteiger partial charge is 0.497 e. The number of likely N-dealkylation sites (tertiary alicyclic amines) is 1. The van der Waals surface area contributed by atoms with Gasteiger partial charge in [-0.05, 0) is 68.6 Å². The van der Waals surface area contributed by atoms with Gasteiger partial charge in [0.25, 0.3) is 5.91 Å². The van der Waals surface area contributed by atoms with Crippen LogP contribution in [0.1, 0.15) is 59.4 Å². The molecule has 0 radical (unpaired) electrons. The van der Waals surface area contributed by atoms with Gasteiger partial charge >= 0.3 is 0 Å². The predicted octanol–water partition coefficient (Wildman–Crippen LogP) is 3.72. The quantitative estimate of drug-likeness (QED) is 0.589. The minimum Gasteiger partial charge on any atom is -0.497 e. The highest BCUT2D eigenvalue weighted by Gasteiger charge is 2.34. The van der Waals surface area contributed by atoms with E-state index in [9.17, 15) is 4.79 Å². The first-order valence-corrected chi connectivity index (χ1v) is 11.4. The lowest BCUT2D eigenvalue weighted by Crippen LogP contribution is -2.37. The van der Waals surface area contributed by atoms with E-state index in [2.05, 4.69) is 32.7 Å². The molecule has 1 amide bonds. The number of rotatable bonds is 8. The SMILES string of the molecule is COc1cccc(C(CNC(=O)c2nnn(-c3ccccc3)c2C2CC2)N2CCCC2)c1. The van der Waals surface area contributed by atoms with Crippen molar-refractivity contribution in [2.45, 2.75) is 37.6 Å². The van der Waals surface area contributed by atoms with Gasteiger partial charge in [-0.1, -0.05) is 35.5 Å². The first kappa shape index (κ1) is 20.7. The summed E-state index contributed by atoms with van der Waals surface area (Å²) in [4.78, 5) is 15.7. The van der Waals surface area contributed by atoms with E-state index < -0.39 is 0 Å². The summed E-state index contributed by atoms with van der Waals surface area (Å²) in [6.07, 6.45) is 4.51. The zero-order valence-corrected chi connectivity index (χ0v) is 18.4. The normalized spacial score (nSPS) is 17.3. The maximum atomic E-state index is 13.2. The monoisotopic (exact) mass is 431 g/mol. The summed E-state index contributed by atoms with van der Waals surface area (Å²) >= 11 is 0. The summed E-state index contributed by atoms with van der Waals surface area (Å²) in [5.41, 5.74) is 3.46. The molecule has 32 heavy (non-hydrogen) atoms. The second-order valence-electron chi connectivity index (χ2n) is 8.59. The van der Waals surface area contributed by atoms with Crippen LogP contribution in [0.5, 0.6) is 5.75 Å². The fourth-order valence-corrected chi connectivity index (χ4v) is 4.57. The Kier molecular flexibility index (Phi) is 5.90. The van der Waals surface area contributed by atoms with Crippen LogP contribution in [0.25, 0.3) is 5.69 Å². The summed E-state index contributed by atoms with van der Waals surface area (Å²) in [5.74, 6) is 1.03. The Morgan fingerprint density at radius 1 is 1.12 bits per heavy atom. The molecule has 2 fully saturated rings. The van der Waals surface area contributed by atoms with Gasteiger partial charge in [0.2, 0.25) is 0 Å². The average molecular weight is 432 g/mol. The molecule has 1 saturated carbocycles. The molecular weight excluding hydrogens is 402 g/mol. The van der Waals surface area contributed by atoms with Crippen molar-refractivity contribution in [2.24, 2.45) is 0 Å². The van der Waals surface area contributed by atoms with Gasteiger partial charge in [0.05, 0.1) is 24.5 Å². The van der Waals surface area contributed by atoms with E-state index in [0.29, 0.717) is 18.2 Å². The van der Waals surface area contributed by atoms with Crippen molar-refractivity contribution in [1.82, 2.24) is 25.2 Å². The molecule has 1 aromatic heterocycles. The molecule has 1 aliphatic carbocycles. The van der Waals surface area contributed by atoms with Crippen LogP contribution in [0.4, 0.5) is 0 Å². The van der Waals surface area contributed by atoms with Crippen molar-refractivity contribution in [2.75, 3.05) is 26.7 Å². The Bertz CT molecular complexity index is 1070. The van der Waals surface area contributed by atoms with E-state index in [4.69, 9.17) is 4.74 Å². The van der Waals surface area contributed by atoms with Gasteiger partial charge in [-0.3, -0.25) is 9.69 Å². The lowest BCUT2D eigenvalue weighted by molar-refractivity contribution is 0.0931. The fraction of sp³-hybridized carbons (Fsp3) is 0.400. The molecule has 7 heteroatoms. The van der Waals surface area contributed by atoms with Crippen molar-refractivity contribution in [3.8, 4) is 11.4 Å². The molecule has 1 unspecified atom stereocenters. The van der Waals surface area contributed by atoms with E-state index in [1.165, 1.54) is 12.8 Å². The Labute approximate surface area is 188 Å². The van der Waals surface area contributed by atoms with Gasteiger partial charge in [0, 0.05) is 12.5 Å². The van der Waals surface area contributed by atoms with Crippen molar-refractivity contribution in [3.63, 3.8) is 0 Å². The first-order valence-electron chi connectivity index (χ1n) is 11.4. The molecule has 1 saturated heterocycles. The van der Waals surface area contributed by atoms with Gasteiger partial charge in [-0.15, -0.1) is 5.10 Å². The predicted molar refractivity (Wildman–Crippen MR) is 122 cm³/mol. The molecule has 0 spiro atoms. The number of aromatic nitrogens is 3. The summed E-state index contributed by atoms with van der Waals surface area (Å²) in [5, 5.41) is 11.8. The van der Waals surface area contributed by atoms with Gasteiger partial charge in [-0.2, -0.15) is 0 Å². The number of methoxy groups -OCH3 is 1. The third-order valence-electron chi connectivity index (χ3n) is 6.40. The number of nitrogens with one attached hydrogen (secondary N) is 1. The number of amides is 1. The minimum absolute atomic E-state index is 0.102. The fourth-order valence-electron chi connectivity index (χ4n) is 4.57. The molecule has 2 aromatic carbocycles. The van der Waals surface area contributed by atoms with Crippen LogP contribution in [0.3, 0.4) is 0 Å². The van der Waals surface area contributed by atoms with Crippen LogP contribution >= 0.6 is 0 Å². The second-order valence-corrected chi connectivity index (χ2v) is 8.59. The molecule has 5 rings (SSSR count). The highest BCUT2D eigenvalue weighted by atomic mass is 16.5. The van der Waals surface area contributed by atoms with Gasteiger partial charge < -0.3 is 10.1 Å². The maximum Gasteiger partial charge on any atom is 0.273 e. The zero-order chi connectivity index (χ0) is 21.9. The van der Waals surface area contributed by atoms with Crippen molar-refractivity contribution >= 4 is 5.91 Å². The molecule has 7 nitrogen and oxygen atoms in total. The molecule has 0 bridgehead atoms. The smallest absolute Gasteiger partial charge is 0.273 e. The van der Waals surface area contributed by atoms with Crippen LogP contribution in [0.15, 0.2) is 54.6 Å². The highest BCUT2D eigenvalue weighted by molar-refractivity contribution is 5.93. The van der Waals surface area contributed by atoms with Crippen molar-refractivity contribution in [1.29, 1.82) is 0 Å². The van der Waals surface area contributed by atoms with Crippen molar-refractivity contribution < 1.29 is 9.53 Å². The van der Waals surface area contributed by atoms with Gasteiger partial charge in [-0.25, -0.2) is 4.68 Å². The number of ether oxygens (including phenoxy) is 1. The molecule has 2 aliphatic rings. The third-order valence-corrected chi connectivity index (χ3v) is 6.40. The standard InChI is InChI=1S/C25H29N5O2/c1-32-21-11-7-8-19(16-21)22(29-14-5-6-15-29)17-26-25(31)23-24(18-12-13-18)30(28-27-23)20-9-3-2-4-10-20/h2-4,7-11,16,18,22H,5-6,12-15,17H2,1H3,(H,26,31).